The Morgan fingerprint density at radius 3 is 2.86 bits per heavy atom. The fourth-order valence-electron chi connectivity index (χ4n) is 3.42. The van der Waals surface area contributed by atoms with Gasteiger partial charge in [0.15, 0.2) is 6.10 Å². The number of nitrogens with zero attached hydrogens (tertiary/aromatic N) is 2. The molecule has 29 heavy (non-hydrogen) atoms. The Bertz CT molecular complexity index is 993. The van der Waals surface area contributed by atoms with Crippen LogP contribution in [0.2, 0.25) is 0 Å². The summed E-state index contributed by atoms with van der Waals surface area (Å²) < 4.78 is 16.7. The van der Waals surface area contributed by atoms with Crippen molar-refractivity contribution in [1.29, 1.82) is 0 Å². The molecular weight excluding hydrogens is 370 g/mol. The lowest BCUT2D eigenvalue weighted by atomic mass is 10.0. The van der Waals surface area contributed by atoms with E-state index < -0.39 is 6.10 Å². The molecule has 0 unspecified atom stereocenters. The predicted molar refractivity (Wildman–Crippen MR) is 108 cm³/mol. The molecule has 2 aromatic heterocycles. The Hall–Kier alpha value is -3.19. The number of pyridine rings is 2. The van der Waals surface area contributed by atoms with Gasteiger partial charge in [0, 0.05) is 29.8 Å². The van der Waals surface area contributed by atoms with Crippen LogP contribution in [0.5, 0.6) is 11.6 Å². The van der Waals surface area contributed by atoms with Gasteiger partial charge in [0.2, 0.25) is 5.88 Å². The van der Waals surface area contributed by atoms with E-state index in [0.29, 0.717) is 18.2 Å². The van der Waals surface area contributed by atoms with Crippen LogP contribution in [0, 0.1) is 0 Å². The van der Waals surface area contributed by atoms with Gasteiger partial charge >= 0.3 is 0 Å². The van der Waals surface area contributed by atoms with E-state index in [1.807, 2.05) is 36.4 Å². The zero-order chi connectivity index (χ0) is 20.2. The van der Waals surface area contributed by atoms with Crippen LogP contribution in [0.25, 0.3) is 10.9 Å². The monoisotopic (exact) mass is 393 g/mol. The number of aromatic nitrogens is 2. The van der Waals surface area contributed by atoms with Crippen molar-refractivity contribution in [3.05, 3.63) is 60.4 Å². The van der Waals surface area contributed by atoms with E-state index in [1.165, 1.54) is 0 Å². The first-order chi connectivity index (χ1) is 14.1. The van der Waals surface area contributed by atoms with E-state index in [2.05, 4.69) is 15.3 Å². The minimum Gasteiger partial charge on any atom is -0.481 e. The lowest BCUT2D eigenvalue weighted by molar-refractivity contribution is -0.128. The highest BCUT2D eigenvalue weighted by molar-refractivity contribution is 5.82. The quantitative estimate of drug-likeness (QED) is 0.693. The molecule has 1 saturated heterocycles. The van der Waals surface area contributed by atoms with Gasteiger partial charge in [-0.2, -0.15) is 0 Å². The minimum absolute atomic E-state index is 0.140. The summed E-state index contributed by atoms with van der Waals surface area (Å²) in [6, 6.07) is 13.2. The van der Waals surface area contributed by atoms with Crippen LogP contribution >= 0.6 is 0 Å². The lowest BCUT2D eigenvalue weighted by Gasteiger charge is -2.22. The van der Waals surface area contributed by atoms with Gasteiger partial charge in [0.1, 0.15) is 11.9 Å². The van der Waals surface area contributed by atoms with Gasteiger partial charge in [-0.1, -0.05) is 18.2 Å². The van der Waals surface area contributed by atoms with Crippen LogP contribution in [0.3, 0.4) is 0 Å². The predicted octanol–water partition coefficient (Wildman–Crippen LogP) is 3.05. The van der Waals surface area contributed by atoms with Gasteiger partial charge in [0.05, 0.1) is 24.9 Å². The average molecular weight is 393 g/mol. The molecule has 1 aliphatic rings. The van der Waals surface area contributed by atoms with Gasteiger partial charge in [-0.3, -0.25) is 9.78 Å². The molecule has 7 heteroatoms. The standard InChI is InChI=1S/C22H23N3O4/c1-14(29-17-11-15-5-3-4-6-18(15)23-13-17)22(26)25-19-9-10-28-21(19)16-7-8-20(27-2)24-12-16/h3-8,11-14,19,21H,9-10H2,1-2H3,(H,25,26)/t14-,19+,21-/m0/s1. The summed E-state index contributed by atoms with van der Waals surface area (Å²) in [7, 11) is 1.57. The van der Waals surface area contributed by atoms with E-state index in [1.54, 1.807) is 32.5 Å². The SMILES string of the molecule is COc1ccc([C@@H]2OCC[C@H]2NC(=O)[C@H](C)Oc2cnc3ccccc3c2)cn1. The number of rotatable bonds is 6. The average Bonchev–Trinajstić information content (AvgIpc) is 3.21. The fourth-order valence-corrected chi connectivity index (χ4v) is 3.42. The summed E-state index contributed by atoms with van der Waals surface area (Å²) in [5.74, 6) is 0.906. The topological polar surface area (TPSA) is 82.6 Å². The van der Waals surface area contributed by atoms with Crippen molar-refractivity contribution in [1.82, 2.24) is 15.3 Å². The van der Waals surface area contributed by atoms with Gasteiger partial charge in [-0.15, -0.1) is 0 Å². The zero-order valence-electron chi connectivity index (χ0n) is 16.4. The van der Waals surface area contributed by atoms with Crippen molar-refractivity contribution in [3.8, 4) is 11.6 Å². The van der Waals surface area contributed by atoms with Crippen molar-refractivity contribution in [2.45, 2.75) is 31.6 Å². The maximum absolute atomic E-state index is 12.7. The molecule has 0 aliphatic carbocycles. The number of benzene rings is 1. The normalized spacial score (nSPS) is 19.7. The van der Waals surface area contributed by atoms with E-state index in [-0.39, 0.29) is 18.1 Å². The first-order valence-corrected chi connectivity index (χ1v) is 9.57. The molecule has 7 nitrogen and oxygen atoms in total. The number of hydrogen-bond acceptors (Lipinski definition) is 6. The van der Waals surface area contributed by atoms with Crippen LogP contribution in [0.1, 0.15) is 25.0 Å². The van der Waals surface area contributed by atoms with Gasteiger partial charge in [0.25, 0.3) is 5.91 Å². The molecule has 150 valence electrons. The summed E-state index contributed by atoms with van der Waals surface area (Å²) in [5, 5.41) is 4.01. The van der Waals surface area contributed by atoms with E-state index >= 15 is 0 Å². The third kappa shape index (κ3) is 4.30. The molecule has 1 amide bonds. The number of amides is 1. The number of carbonyl (C=O) groups is 1. The summed E-state index contributed by atoms with van der Waals surface area (Å²) in [5.41, 5.74) is 1.79. The summed E-state index contributed by atoms with van der Waals surface area (Å²) >= 11 is 0. The highest BCUT2D eigenvalue weighted by Crippen LogP contribution is 2.29. The number of fused-ring (bicyclic) bond motifs is 1. The van der Waals surface area contributed by atoms with E-state index in [0.717, 1.165) is 22.9 Å². The molecule has 4 rings (SSSR count). The molecule has 1 fully saturated rings. The fraction of sp³-hybridized carbons (Fsp3) is 0.318. The van der Waals surface area contributed by atoms with Gasteiger partial charge < -0.3 is 19.5 Å². The number of carbonyl (C=O) groups excluding carboxylic acids is 1. The molecule has 0 radical (unpaired) electrons. The maximum atomic E-state index is 12.7. The lowest BCUT2D eigenvalue weighted by Crippen LogP contribution is -2.43. The number of hydrogen-bond donors (Lipinski definition) is 1. The second-order valence-corrected chi connectivity index (χ2v) is 6.95. The first kappa shape index (κ1) is 19.1. The number of methoxy groups -OCH3 is 1. The van der Waals surface area contributed by atoms with Crippen LogP contribution in [-0.4, -0.2) is 41.7 Å². The largest absolute Gasteiger partial charge is 0.481 e. The minimum atomic E-state index is -0.659. The van der Waals surface area contributed by atoms with E-state index in [4.69, 9.17) is 14.2 Å². The summed E-state index contributed by atoms with van der Waals surface area (Å²) in [6.45, 7) is 2.30. The molecule has 0 saturated carbocycles. The van der Waals surface area contributed by atoms with Crippen LogP contribution in [0.15, 0.2) is 54.9 Å². The van der Waals surface area contributed by atoms with E-state index in [9.17, 15) is 4.79 Å². The maximum Gasteiger partial charge on any atom is 0.261 e. The van der Waals surface area contributed by atoms with Crippen molar-refractivity contribution in [2.75, 3.05) is 13.7 Å². The van der Waals surface area contributed by atoms with Gasteiger partial charge in [-0.25, -0.2) is 4.98 Å². The molecule has 3 heterocycles. The molecule has 1 aliphatic heterocycles. The summed E-state index contributed by atoms with van der Waals surface area (Å²) in [6.07, 6.45) is 3.18. The Morgan fingerprint density at radius 2 is 2.07 bits per heavy atom. The van der Waals surface area contributed by atoms with Crippen LogP contribution < -0.4 is 14.8 Å². The van der Waals surface area contributed by atoms with Crippen molar-refractivity contribution >= 4 is 16.8 Å². The Balaban J connectivity index is 1.40. The molecule has 0 bridgehead atoms. The van der Waals surface area contributed by atoms with Gasteiger partial charge in [-0.05, 0) is 31.5 Å². The van der Waals surface area contributed by atoms with Crippen LogP contribution in [-0.2, 0) is 9.53 Å². The van der Waals surface area contributed by atoms with Crippen molar-refractivity contribution in [2.24, 2.45) is 0 Å². The molecule has 0 spiro atoms. The molecule has 1 N–H and O–H groups in total. The third-order valence-corrected chi connectivity index (χ3v) is 4.96. The molecule has 3 atom stereocenters. The second-order valence-electron chi connectivity index (χ2n) is 6.95. The second kappa shape index (κ2) is 8.45. The number of ether oxygens (including phenoxy) is 3. The Morgan fingerprint density at radius 1 is 1.21 bits per heavy atom. The molecule has 3 aromatic rings. The number of nitrogens with one attached hydrogen (secondary N) is 1. The Kier molecular flexibility index (Phi) is 5.57. The third-order valence-electron chi connectivity index (χ3n) is 4.96. The van der Waals surface area contributed by atoms with Crippen molar-refractivity contribution in [3.63, 3.8) is 0 Å². The first-order valence-electron chi connectivity index (χ1n) is 9.57. The Labute approximate surface area is 169 Å². The highest BCUT2D eigenvalue weighted by atomic mass is 16.5. The van der Waals surface area contributed by atoms with Crippen LogP contribution in [0.4, 0.5) is 0 Å². The molecule has 1 aromatic carbocycles. The molecular formula is C22H23N3O4. The number of para-hydroxylation sites is 1. The summed E-state index contributed by atoms with van der Waals surface area (Å²) in [4.78, 5) is 21.3. The zero-order valence-corrected chi connectivity index (χ0v) is 16.4. The highest BCUT2D eigenvalue weighted by Gasteiger charge is 2.32. The van der Waals surface area contributed by atoms with Crippen molar-refractivity contribution < 1.29 is 19.0 Å². The smallest absolute Gasteiger partial charge is 0.261 e.